The summed E-state index contributed by atoms with van der Waals surface area (Å²) in [7, 11) is 0. The van der Waals surface area contributed by atoms with Gasteiger partial charge in [-0.05, 0) is 45.0 Å². The van der Waals surface area contributed by atoms with E-state index in [2.05, 4.69) is 9.98 Å². The molecule has 0 saturated heterocycles. The topological polar surface area (TPSA) is 134 Å². The fraction of sp³-hybridized carbons (Fsp3) is 0.250. The van der Waals surface area contributed by atoms with E-state index in [1.807, 2.05) is 61.7 Å². The largest absolute Gasteiger partial charge is 0.459 e. The number of guanidine groups is 2. The van der Waals surface area contributed by atoms with Crippen molar-refractivity contribution in [3.8, 4) is 0 Å². The number of esters is 1. The number of aromatic nitrogens is 1. The molecule has 0 aliphatic heterocycles. The molecule has 28 heavy (non-hydrogen) atoms. The lowest BCUT2D eigenvalue weighted by atomic mass is 10.1. The van der Waals surface area contributed by atoms with Gasteiger partial charge in [0.15, 0.2) is 5.96 Å². The van der Waals surface area contributed by atoms with Gasteiger partial charge in [-0.3, -0.25) is 4.79 Å². The Labute approximate surface area is 162 Å². The van der Waals surface area contributed by atoms with Crippen LogP contribution in [-0.2, 0) is 16.1 Å². The average molecular weight is 380 g/mol. The Morgan fingerprint density at radius 2 is 1.71 bits per heavy atom. The third kappa shape index (κ3) is 4.22. The summed E-state index contributed by atoms with van der Waals surface area (Å²) in [5.41, 5.74) is 18.3. The molecule has 1 heterocycles. The molecule has 3 aromatic rings. The number of ether oxygens (including phenoxy) is 1. The maximum Gasteiger partial charge on any atom is 0.326 e. The van der Waals surface area contributed by atoms with Gasteiger partial charge in [-0.2, -0.15) is 4.99 Å². The van der Waals surface area contributed by atoms with Gasteiger partial charge in [0.05, 0.1) is 5.69 Å². The number of carbonyl (C=O) groups is 1. The van der Waals surface area contributed by atoms with Crippen molar-refractivity contribution >= 4 is 45.4 Å². The fourth-order valence-electron chi connectivity index (χ4n) is 3.07. The molecule has 0 amide bonds. The molecule has 0 atom stereocenters. The van der Waals surface area contributed by atoms with Crippen LogP contribution in [0.1, 0.15) is 20.8 Å². The van der Waals surface area contributed by atoms with Crippen LogP contribution in [0.25, 0.3) is 21.8 Å². The molecular weight excluding hydrogens is 356 g/mol. The average Bonchev–Trinajstić information content (AvgIpc) is 2.86. The number of nitrogens with zero attached hydrogens (tertiary/aromatic N) is 3. The van der Waals surface area contributed by atoms with Crippen molar-refractivity contribution < 1.29 is 9.53 Å². The van der Waals surface area contributed by atoms with E-state index in [0.29, 0.717) is 5.69 Å². The van der Waals surface area contributed by atoms with Crippen LogP contribution in [0.15, 0.2) is 52.4 Å². The molecule has 8 nitrogen and oxygen atoms in total. The van der Waals surface area contributed by atoms with Gasteiger partial charge in [0.25, 0.3) is 0 Å². The molecule has 0 aliphatic rings. The molecule has 2 aromatic carbocycles. The van der Waals surface area contributed by atoms with Gasteiger partial charge < -0.3 is 26.5 Å². The first-order valence-electron chi connectivity index (χ1n) is 8.81. The minimum absolute atomic E-state index is 0.0307. The molecule has 146 valence electrons. The van der Waals surface area contributed by atoms with Crippen molar-refractivity contribution in [3.05, 3.63) is 42.5 Å². The number of hydrogen-bond acceptors (Lipinski definition) is 3. The number of hydrogen-bond donors (Lipinski definition) is 3. The normalized spacial score (nSPS) is 12.3. The Morgan fingerprint density at radius 3 is 2.39 bits per heavy atom. The molecular formula is C20H24N6O2. The summed E-state index contributed by atoms with van der Waals surface area (Å²) < 4.78 is 7.42. The summed E-state index contributed by atoms with van der Waals surface area (Å²) in [5.74, 6) is -0.484. The first-order valence-corrected chi connectivity index (χ1v) is 8.81. The highest BCUT2D eigenvalue weighted by Crippen LogP contribution is 2.32. The third-order valence-electron chi connectivity index (χ3n) is 3.95. The van der Waals surface area contributed by atoms with E-state index >= 15 is 0 Å². The van der Waals surface area contributed by atoms with Crippen LogP contribution in [0.2, 0.25) is 0 Å². The van der Waals surface area contributed by atoms with Crippen LogP contribution < -0.4 is 17.2 Å². The van der Waals surface area contributed by atoms with Gasteiger partial charge in [0.1, 0.15) is 12.1 Å². The van der Waals surface area contributed by atoms with Crippen molar-refractivity contribution in [1.29, 1.82) is 0 Å². The van der Waals surface area contributed by atoms with E-state index < -0.39 is 5.60 Å². The zero-order valence-corrected chi connectivity index (χ0v) is 16.1. The number of carbonyl (C=O) groups excluding carboxylic acids is 1. The summed E-state index contributed by atoms with van der Waals surface area (Å²) in [4.78, 5) is 20.4. The quantitative estimate of drug-likeness (QED) is 0.364. The summed E-state index contributed by atoms with van der Waals surface area (Å²) in [6.45, 7) is 5.66. The fourth-order valence-corrected chi connectivity index (χ4v) is 3.07. The van der Waals surface area contributed by atoms with E-state index in [1.165, 1.54) is 0 Å². The molecule has 0 radical (unpaired) electrons. The second-order valence-corrected chi connectivity index (χ2v) is 7.40. The number of nitrogens with two attached hydrogens (primary N) is 3. The van der Waals surface area contributed by atoms with E-state index in [1.54, 1.807) is 6.07 Å². The van der Waals surface area contributed by atoms with E-state index in [9.17, 15) is 4.79 Å². The predicted octanol–water partition coefficient (Wildman–Crippen LogP) is 2.36. The number of fused-ring (bicyclic) bond motifs is 3. The van der Waals surface area contributed by atoms with Crippen LogP contribution in [0, 0.1) is 0 Å². The zero-order valence-electron chi connectivity index (χ0n) is 16.1. The summed E-state index contributed by atoms with van der Waals surface area (Å²) in [5, 5.41) is 1.94. The summed E-state index contributed by atoms with van der Waals surface area (Å²) in [6.07, 6.45) is 0. The Kier molecular flexibility index (Phi) is 4.96. The zero-order chi connectivity index (χ0) is 20.5. The molecule has 0 saturated carbocycles. The molecule has 8 heteroatoms. The first kappa shape index (κ1) is 19.2. The molecule has 3 rings (SSSR count). The third-order valence-corrected chi connectivity index (χ3v) is 3.95. The van der Waals surface area contributed by atoms with Crippen LogP contribution in [0.3, 0.4) is 0 Å². The Morgan fingerprint density at radius 1 is 1.04 bits per heavy atom. The molecule has 0 spiro atoms. The van der Waals surface area contributed by atoms with Gasteiger partial charge in [-0.25, -0.2) is 4.99 Å². The minimum atomic E-state index is -0.541. The van der Waals surface area contributed by atoms with Gasteiger partial charge in [0, 0.05) is 21.8 Å². The van der Waals surface area contributed by atoms with Crippen molar-refractivity contribution in [3.63, 3.8) is 0 Å². The standard InChI is InChI=1S/C20H24N6O2/c1-20(2,3)28-17(27)11-26-15-7-5-4-6-13(15)14-10-12(8-9-16(14)26)24-19(23)25-18(21)22/h4-10H,11H2,1-3H3,(H6,21,22,23,24,25). The van der Waals surface area contributed by atoms with Gasteiger partial charge in [-0.15, -0.1) is 0 Å². The van der Waals surface area contributed by atoms with Crippen molar-refractivity contribution in [2.24, 2.45) is 27.2 Å². The van der Waals surface area contributed by atoms with E-state index in [0.717, 1.165) is 21.8 Å². The highest BCUT2D eigenvalue weighted by Gasteiger charge is 2.19. The van der Waals surface area contributed by atoms with Gasteiger partial charge >= 0.3 is 5.97 Å². The second-order valence-electron chi connectivity index (χ2n) is 7.40. The lowest BCUT2D eigenvalue weighted by molar-refractivity contribution is -0.155. The Balaban J connectivity index is 2.09. The van der Waals surface area contributed by atoms with Crippen molar-refractivity contribution in [1.82, 2.24) is 4.57 Å². The highest BCUT2D eigenvalue weighted by atomic mass is 16.6. The van der Waals surface area contributed by atoms with Crippen molar-refractivity contribution in [2.75, 3.05) is 0 Å². The lowest BCUT2D eigenvalue weighted by Crippen LogP contribution is -2.26. The predicted molar refractivity (Wildman–Crippen MR) is 112 cm³/mol. The molecule has 0 aliphatic carbocycles. The van der Waals surface area contributed by atoms with Gasteiger partial charge in [0.2, 0.25) is 5.96 Å². The van der Waals surface area contributed by atoms with Gasteiger partial charge in [-0.1, -0.05) is 18.2 Å². The number of rotatable bonds is 3. The highest BCUT2D eigenvalue weighted by molar-refractivity contribution is 6.09. The number of benzene rings is 2. The molecule has 0 unspecified atom stereocenters. The SMILES string of the molecule is CC(C)(C)OC(=O)Cn1c2ccccc2c2cc(N=C(N)N=C(N)N)ccc21. The Bertz CT molecular complexity index is 1100. The molecule has 0 bridgehead atoms. The summed E-state index contributed by atoms with van der Waals surface area (Å²) in [6, 6.07) is 13.4. The Hall–Kier alpha value is -3.55. The minimum Gasteiger partial charge on any atom is -0.459 e. The van der Waals surface area contributed by atoms with Crippen molar-refractivity contribution in [2.45, 2.75) is 32.9 Å². The monoisotopic (exact) mass is 380 g/mol. The summed E-state index contributed by atoms with van der Waals surface area (Å²) >= 11 is 0. The number of para-hydroxylation sites is 1. The first-order chi connectivity index (χ1) is 13.1. The van der Waals surface area contributed by atoms with Crippen LogP contribution in [-0.4, -0.2) is 28.1 Å². The smallest absolute Gasteiger partial charge is 0.326 e. The van der Waals surface area contributed by atoms with Crippen LogP contribution in [0.4, 0.5) is 5.69 Å². The van der Waals surface area contributed by atoms with Crippen LogP contribution in [0.5, 0.6) is 0 Å². The molecule has 0 fully saturated rings. The molecule has 1 aromatic heterocycles. The maximum atomic E-state index is 12.4. The lowest BCUT2D eigenvalue weighted by Gasteiger charge is -2.20. The van der Waals surface area contributed by atoms with Crippen LogP contribution >= 0.6 is 0 Å². The van der Waals surface area contributed by atoms with E-state index in [4.69, 9.17) is 21.9 Å². The second kappa shape index (κ2) is 7.22. The van der Waals surface area contributed by atoms with E-state index in [-0.39, 0.29) is 24.4 Å². The molecule has 6 N–H and O–H groups in total. The number of aliphatic imine (C=N–C) groups is 2. The maximum absolute atomic E-state index is 12.4.